The number of carbonyl (C=O) groups is 2. The summed E-state index contributed by atoms with van der Waals surface area (Å²) in [5.74, 6) is 2.18. The maximum Gasteiger partial charge on any atom is 0.408 e. The van der Waals surface area contributed by atoms with Crippen molar-refractivity contribution in [3.05, 3.63) is 102 Å². The van der Waals surface area contributed by atoms with E-state index in [0.717, 1.165) is 11.1 Å². The van der Waals surface area contributed by atoms with E-state index in [-0.39, 0.29) is 12.5 Å². The lowest BCUT2D eigenvalue weighted by Crippen LogP contribution is -2.45. The fourth-order valence-electron chi connectivity index (χ4n) is 2.88. The van der Waals surface area contributed by atoms with Gasteiger partial charge in [0.25, 0.3) is 0 Å². The van der Waals surface area contributed by atoms with Gasteiger partial charge in [-0.3, -0.25) is 4.79 Å². The Labute approximate surface area is 176 Å². The summed E-state index contributed by atoms with van der Waals surface area (Å²) in [5, 5.41) is 5.48. The molecule has 3 aromatic carbocycles. The van der Waals surface area contributed by atoms with Crippen molar-refractivity contribution in [3.8, 4) is 12.3 Å². The molecule has 30 heavy (non-hydrogen) atoms. The first-order chi connectivity index (χ1) is 14.6. The fourth-order valence-corrected chi connectivity index (χ4v) is 2.88. The smallest absolute Gasteiger partial charge is 0.408 e. The quantitative estimate of drug-likeness (QED) is 0.588. The topological polar surface area (TPSA) is 67.4 Å². The number of nitrogens with one attached hydrogen (secondary N) is 2. The minimum absolute atomic E-state index is 0.122. The molecular formula is C25H22N2O3. The molecule has 0 unspecified atom stereocenters. The number of anilines is 1. The largest absolute Gasteiger partial charge is 0.445 e. The summed E-state index contributed by atoms with van der Waals surface area (Å²) in [6.07, 6.45) is 5.08. The van der Waals surface area contributed by atoms with Gasteiger partial charge in [-0.2, -0.15) is 0 Å². The molecule has 0 aliphatic carbocycles. The minimum atomic E-state index is -0.815. The maximum atomic E-state index is 12.9. The number of alkyl carbamates (subject to hydrolysis) is 1. The van der Waals surface area contributed by atoms with Crippen molar-refractivity contribution < 1.29 is 14.3 Å². The highest BCUT2D eigenvalue weighted by atomic mass is 16.5. The monoisotopic (exact) mass is 398 g/mol. The highest BCUT2D eigenvalue weighted by Crippen LogP contribution is 2.12. The Hall–Kier alpha value is -4.04. The van der Waals surface area contributed by atoms with E-state index in [1.807, 2.05) is 60.7 Å². The van der Waals surface area contributed by atoms with Gasteiger partial charge in [0, 0.05) is 17.7 Å². The van der Waals surface area contributed by atoms with Crippen molar-refractivity contribution in [2.24, 2.45) is 0 Å². The number of rotatable bonds is 7. The second-order valence-electron chi connectivity index (χ2n) is 6.66. The molecule has 0 saturated carbocycles. The molecule has 3 aromatic rings. The lowest BCUT2D eigenvalue weighted by molar-refractivity contribution is -0.118. The number of carbonyl (C=O) groups excluding carboxylic acids is 2. The summed E-state index contributed by atoms with van der Waals surface area (Å²) in [4.78, 5) is 25.2. The molecule has 0 fully saturated rings. The zero-order valence-electron chi connectivity index (χ0n) is 16.4. The van der Waals surface area contributed by atoms with Crippen molar-refractivity contribution in [1.29, 1.82) is 0 Å². The standard InChI is InChI=1S/C25H22N2O3/c1-2-19-14-9-15-22(16-19)26-24(28)23(17-20-10-5-3-6-11-20)27-25(29)30-18-21-12-7-4-8-13-21/h1,3-16,23H,17-18H2,(H,26,28)(H,27,29)/t23-/m0/s1. The van der Waals surface area contributed by atoms with Crippen LogP contribution in [0.3, 0.4) is 0 Å². The maximum absolute atomic E-state index is 12.9. The predicted molar refractivity (Wildman–Crippen MR) is 117 cm³/mol. The zero-order valence-corrected chi connectivity index (χ0v) is 16.4. The third kappa shape index (κ3) is 6.25. The van der Waals surface area contributed by atoms with Crippen LogP contribution in [0.15, 0.2) is 84.9 Å². The Morgan fingerprint density at radius 2 is 1.57 bits per heavy atom. The number of ether oxygens (including phenoxy) is 1. The first-order valence-electron chi connectivity index (χ1n) is 9.53. The van der Waals surface area contributed by atoms with Crippen LogP contribution in [0.1, 0.15) is 16.7 Å². The molecule has 0 bridgehead atoms. The van der Waals surface area contributed by atoms with E-state index in [9.17, 15) is 9.59 Å². The molecule has 0 saturated heterocycles. The van der Waals surface area contributed by atoms with Crippen molar-refractivity contribution in [2.75, 3.05) is 5.32 Å². The van der Waals surface area contributed by atoms with Crippen LogP contribution in [0.4, 0.5) is 10.5 Å². The normalized spacial score (nSPS) is 11.0. The average Bonchev–Trinajstić information content (AvgIpc) is 2.79. The molecule has 0 aliphatic rings. The summed E-state index contributed by atoms with van der Waals surface area (Å²) in [5.41, 5.74) is 3.00. The van der Waals surface area contributed by atoms with Crippen LogP contribution in [0.2, 0.25) is 0 Å². The Balaban J connectivity index is 1.68. The number of benzene rings is 3. The van der Waals surface area contributed by atoms with Gasteiger partial charge in [0.1, 0.15) is 12.6 Å². The SMILES string of the molecule is C#Cc1cccc(NC(=O)[C@H](Cc2ccccc2)NC(=O)OCc2ccccc2)c1. The number of terminal acetylenes is 1. The highest BCUT2D eigenvalue weighted by Gasteiger charge is 2.22. The molecule has 3 rings (SSSR count). The van der Waals surface area contributed by atoms with Crippen molar-refractivity contribution in [1.82, 2.24) is 5.32 Å². The summed E-state index contributed by atoms with van der Waals surface area (Å²) in [6.45, 7) is 0.122. The average molecular weight is 398 g/mol. The van der Waals surface area contributed by atoms with E-state index in [0.29, 0.717) is 17.7 Å². The van der Waals surface area contributed by atoms with Gasteiger partial charge in [-0.25, -0.2) is 4.79 Å². The molecule has 5 nitrogen and oxygen atoms in total. The van der Waals surface area contributed by atoms with E-state index < -0.39 is 12.1 Å². The highest BCUT2D eigenvalue weighted by molar-refractivity contribution is 5.96. The van der Waals surface area contributed by atoms with Crippen LogP contribution in [0.25, 0.3) is 0 Å². The molecule has 0 spiro atoms. The minimum Gasteiger partial charge on any atom is -0.445 e. The van der Waals surface area contributed by atoms with Gasteiger partial charge in [-0.15, -0.1) is 6.42 Å². The van der Waals surface area contributed by atoms with Crippen LogP contribution in [0.5, 0.6) is 0 Å². The van der Waals surface area contributed by atoms with E-state index in [2.05, 4.69) is 16.6 Å². The summed E-state index contributed by atoms with van der Waals surface area (Å²) < 4.78 is 5.28. The lowest BCUT2D eigenvalue weighted by atomic mass is 10.1. The molecule has 2 amide bonds. The van der Waals surface area contributed by atoms with E-state index in [1.165, 1.54) is 0 Å². The molecule has 1 atom stereocenters. The van der Waals surface area contributed by atoms with Crippen LogP contribution in [-0.4, -0.2) is 18.0 Å². The Morgan fingerprint density at radius 3 is 2.23 bits per heavy atom. The Kier molecular flexibility index (Phi) is 7.23. The zero-order chi connectivity index (χ0) is 21.2. The second-order valence-corrected chi connectivity index (χ2v) is 6.66. The lowest BCUT2D eigenvalue weighted by Gasteiger charge is -2.19. The van der Waals surface area contributed by atoms with Gasteiger partial charge in [-0.05, 0) is 29.3 Å². The number of hydrogen-bond acceptors (Lipinski definition) is 3. The Morgan fingerprint density at radius 1 is 0.900 bits per heavy atom. The Bertz CT molecular complexity index is 1030. The van der Waals surface area contributed by atoms with Crippen molar-refractivity contribution >= 4 is 17.7 Å². The van der Waals surface area contributed by atoms with Crippen LogP contribution < -0.4 is 10.6 Å². The second kappa shape index (κ2) is 10.5. The van der Waals surface area contributed by atoms with Crippen molar-refractivity contribution in [2.45, 2.75) is 19.1 Å². The van der Waals surface area contributed by atoms with E-state index in [4.69, 9.17) is 11.2 Å². The van der Waals surface area contributed by atoms with Gasteiger partial charge in [0.05, 0.1) is 0 Å². The molecule has 0 aliphatic heterocycles. The molecule has 0 heterocycles. The van der Waals surface area contributed by atoms with Gasteiger partial charge in [0.2, 0.25) is 5.91 Å². The molecular weight excluding hydrogens is 376 g/mol. The van der Waals surface area contributed by atoms with Gasteiger partial charge >= 0.3 is 6.09 Å². The molecule has 5 heteroatoms. The van der Waals surface area contributed by atoms with Crippen molar-refractivity contribution in [3.63, 3.8) is 0 Å². The number of hydrogen-bond donors (Lipinski definition) is 2. The molecule has 0 aromatic heterocycles. The summed E-state index contributed by atoms with van der Waals surface area (Å²) in [7, 11) is 0. The fraction of sp³-hybridized carbons (Fsp3) is 0.120. The summed E-state index contributed by atoms with van der Waals surface area (Å²) >= 11 is 0. The molecule has 0 radical (unpaired) electrons. The van der Waals surface area contributed by atoms with Gasteiger partial charge < -0.3 is 15.4 Å². The van der Waals surface area contributed by atoms with Crippen LogP contribution in [-0.2, 0) is 22.6 Å². The van der Waals surface area contributed by atoms with E-state index in [1.54, 1.807) is 24.3 Å². The van der Waals surface area contributed by atoms with Gasteiger partial charge in [-0.1, -0.05) is 72.7 Å². The number of amides is 2. The predicted octanol–water partition coefficient (Wildman–Crippen LogP) is 4.14. The molecule has 2 N–H and O–H groups in total. The van der Waals surface area contributed by atoms with Gasteiger partial charge in [0.15, 0.2) is 0 Å². The first-order valence-corrected chi connectivity index (χ1v) is 9.53. The van der Waals surface area contributed by atoms with Crippen LogP contribution in [0, 0.1) is 12.3 Å². The third-order valence-electron chi connectivity index (χ3n) is 4.40. The first kappa shape index (κ1) is 20.7. The summed E-state index contributed by atoms with van der Waals surface area (Å²) in [6, 6.07) is 25.0. The molecule has 150 valence electrons. The van der Waals surface area contributed by atoms with E-state index >= 15 is 0 Å². The third-order valence-corrected chi connectivity index (χ3v) is 4.40. The van der Waals surface area contributed by atoms with Crippen LogP contribution >= 0.6 is 0 Å².